The molecule has 0 saturated heterocycles. The van der Waals surface area contributed by atoms with Crippen LogP contribution in [0.5, 0.6) is 0 Å². The van der Waals surface area contributed by atoms with Gasteiger partial charge in [-0.3, -0.25) is 9.59 Å². The van der Waals surface area contributed by atoms with Crippen LogP contribution in [0, 0.1) is 0 Å². The number of nitrogens with one attached hydrogen (secondary N) is 2. The van der Waals surface area contributed by atoms with Crippen molar-refractivity contribution in [3.8, 4) is 0 Å². The van der Waals surface area contributed by atoms with Crippen LogP contribution in [0.1, 0.15) is 21.5 Å². The van der Waals surface area contributed by atoms with Crippen molar-refractivity contribution < 1.29 is 9.59 Å². The Kier molecular flexibility index (Phi) is 6.19. The summed E-state index contributed by atoms with van der Waals surface area (Å²) in [5.41, 5.74) is 2.86. The Hall–Kier alpha value is -4.18. The number of carbonyl (C=O) groups excluding carboxylic acids is 2. The standard InChI is InChI=1S/C27H22N2O2/c30-26(18-17-22-13-8-12-21-11-4-5-14-23(21)22)29-25-16-7-6-15-24(25)27(31)28-19-20-9-2-1-3-10-20/h1-18H,19H2,(H,28,31)(H,29,30). The highest BCUT2D eigenvalue weighted by atomic mass is 16.2. The zero-order chi connectivity index (χ0) is 21.5. The number of benzene rings is 4. The molecule has 0 aliphatic rings. The summed E-state index contributed by atoms with van der Waals surface area (Å²) < 4.78 is 0. The van der Waals surface area contributed by atoms with Crippen LogP contribution in [0.15, 0.2) is 103 Å². The zero-order valence-electron chi connectivity index (χ0n) is 16.9. The second-order valence-electron chi connectivity index (χ2n) is 7.10. The quantitative estimate of drug-likeness (QED) is 0.420. The van der Waals surface area contributed by atoms with E-state index in [0.717, 1.165) is 21.9 Å². The summed E-state index contributed by atoms with van der Waals surface area (Å²) in [5, 5.41) is 7.91. The van der Waals surface area contributed by atoms with Crippen molar-refractivity contribution in [1.29, 1.82) is 0 Å². The van der Waals surface area contributed by atoms with Gasteiger partial charge in [0.05, 0.1) is 11.3 Å². The Morgan fingerprint density at radius 3 is 2.32 bits per heavy atom. The molecule has 0 saturated carbocycles. The van der Waals surface area contributed by atoms with Gasteiger partial charge in [0, 0.05) is 12.6 Å². The summed E-state index contributed by atoms with van der Waals surface area (Å²) >= 11 is 0. The summed E-state index contributed by atoms with van der Waals surface area (Å²) in [6.45, 7) is 0.420. The fourth-order valence-electron chi connectivity index (χ4n) is 3.40. The van der Waals surface area contributed by atoms with Crippen LogP contribution in [0.4, 0.5) is 5.69 Å². The molecule has 4 rings (SSSR count). The minimum absolute atomic E-state index is 0.238. The van der Waals surface area contributed by atoms with Gasteiger partial charge in [0.1, 0.15) is 0 Å². The first kappa shape index (κ1) is 20.1. The first-order valence-electron chi connectivity index (χ1n) is 10.1. The van der Waals surface area contributed by atoms with Crippen molar-refractivity contribution in [2.24, 2.45) is 0 Å². The monoisotopic (exact) mass is 406 g/mol. The largest absolute Gasteiger partial charge is 0.348 e. The van der Waals surface area contributed by atoms with Crippen LogP contribution >= 0.6 is 0 Å². The molecule has 0 fully saturated rings. The highest BCUT2D eigenvalue weighted by Gasteiger charge is 2.12. The predicted octanol–water partition coefficient (Wildman–Crippen LogP) is 5.42. The van der Waals surface area contributed by atoms with Crippen molar-refractivity contribution in [2.45, 2.75) is 6.54 Å². The molecule has 152 valence electrons. The predicted molar refractivity (Wildman–Crippen MR) is 126 cm³/mol. The molecular weight excluding hydrogens is 384 g/mol. The molecule has 31 heavy (non-hydrogen) atoms. The van der Waals surface area contributed by atoms with E-state index in [-0.39, 0.29) is 11.8 Å². The summed E-state index contributed by atoms with van der Waals surface area (Å²) in [6.07, 6.45) is 3.27. The van der Waals surface area contributed by atoms with Crippen LogP contribution in [0.3, 0.4) is 0 Å². The lowest BCUT2D eigenvalue weighted by Gasteiger charge is -2.10. The number of para-hydroxylation sites is 1. The molecule has 4 nitrogen and oxygen atoms in total. The van der Waals surface area contributed by atoms with Gasteiger partial charge >= 0.3 is 0 Å². The van der Waals surface area contributed by atoms with Crippen LogP contribution in [0.2, 0.25) is 0 Å². The van der Waals surface area contributed by atoms with E-state index in [1.54, 1.807) is 30.3 Å². The Morgan fingerprint density at radius 1 is 0.742 bits per heavy atom. The fourth-order valence-corrected chi connectivity index (χ4v) is 3.40. The van der Waals surface area contributed by atoms with Crippen LogP contribution < -0.4 is 10.6 Å². The summed E-state index contributed by atoms with van der Waals surface area (Å²) in [6, 6.07) is 30.7. The highest BCUT2D eigenvalue weighted by Crippen LogP contribution is 2.20. The van der Waals surface area contributed by atoms with Crippen LogP contribution in [0.25, 0.3) is 16.8 Å². The average molecular weight is 406 g/mol. The van der Waals surface area contributed by atoms with E-state index in [2.05, 4.69) is 10.6 Å². The van der Waals surface area contributed by atoms with Crippen molar-refractivity contribution in [3.05, 3.63) is 120 Å². The Morgan fingerprint density at radius 2 is 1.45 bits per heavy atom. The normalized spacial score (nSPS) is 10.8. The van der Waals surface area contributed by atoms with Crippen molar-refractivity contribution >= 4 is 34.4 Å². The molecule has 0 spiro atoms. The van der Waals surface area contributed by atoms with Crippen molar-refractivity contribution in [1.82, 2.24) is 5.32 Å². The maximum absolute atomic E-state index is 12.7. The zero-order valence-corrected chi connectivity index (χ0v) is 16.9. The molecule has 4 aromatic rings. The summed E-state index contributed by atoms with van der Waals surface area (Å²) in [7, 11) is 0. The van der Waals surface area contributed by atoms with E-state index in [1.807, 2.05) is 72.8 Å². The molecule has 2 N–H and O–H groups in total. The SMILES string of the molecule is O=C(C=Cc1cccc2ccccc12)Nc1ccccc1C(=O)NCc1ccccc1. The molecule has 0 atom stereocenters. The molecule has 0 aromatic heterocycles. The molecule has 4 aromatic carbocycles. The van der Waals surface area contributed by atoms with E-state index in [4.69, 9.17) is 0 Å². The van der Waals surface area contributed by atoms with Gasteiger partial charge in [-0.1, -0.05) is 84.9 Å². The van der Waals surface area contributed by atoms with Gasteiger partial charge in [0.25, 0.3) is 5.91 Å². The number of hydrogen-bond acceptors (Lipinski definition) is 2. The van der Waals surface area contributed by atoms with Gasteiger partial charge in [0.15, 0.2) is 0 Å². The number of amides is 2. The number of anilines is 1. The fraction of sp³-hybridized carbons (Fsp3) is 0.0370. The second-order valence-corrected chi connectivity index (χ2v) is 7.10. The maximum atomic E-state index is 12.7. The third kappa shape index (κ3) is 5.06. The Labute approximate surface area is 181 Å². The van der Waals surface area contributed by atoms with Crippen LogP contribution in [-0.4, -0.2) is 11.8 Å². The molecule has 0 radical (unpaired) electrons. The molecule has 4 heteroatoms. The molecule has 0 bridgehead atoms. The molecule has 0 heterocycles. The van der Waals surface area contributed by atoms with Gasteiger partial charge in [-0.25, -0.2) is 0 Å². The van der Waals surface area contributed by atoms with E-state index in [1.165, 1.54) is 6.08 Å². The van der Waals surface area contributed by atoms with Gasteiger partial charge in [-0.15, -0.1) is 0 Å². The molecule has 0 unspecified atom stereocenters. The highest BCUT2D eigenvalue weighted by molar-refractivity contribution is 6.08. The van der Waals surface area contributed by atoms with Gasteiger partial charge in [-0.2, -0.15) is 0 Å². The molecular formula is C27H22N2O2. The third-order valence-corrected chi connectivity index (χ3v) is 4.96. The van der Waals surface area contributed by atoms with Gasteiger partial charge in [-0.05, 0) is 40.1 Å². The Balaban J connectivity index is 1.46. The first-order chi connectivity index (χ1) is 15.2. The van der Waals surface area contributed by atoms with Gasteiger partial charge in [0.2, 0.25) is 5.91 Å². The lowest BCUT2D eigenvalue weighted by molar-refractivity contribution is -0.111. The minimum atomic E-state index is -0.295. The topological polar surface area (TPSA) is 58.2 Å². The van der Waals surface area contributed by atoms with Crippen molar-refractivity contribution in [3.63, 3.8) is 0 Å². The third-order valence-electron chi connectivity index (χ3n) is 4.96. The van der Waals surface area contributed by atoms with E-state index < -0.39 is 0 Å². The minimum Gasteiger partial charge on any atom is -0.348 e. The van der Waals surface area contributed by atoms with Gasteiger partial charge < -0.3 is 10.6 Å². The summed E-state index contributed by atoms with van der Waals surface area (Å²) in [5.74, 6) is -0.533. The second kappa shape index (κ2) is 9.55. The smallest absolute Gasteiger partial charge is 0.253 e. The number of carbonyl (C=O) groups is 2. The summed E-state index contributed by atoms with van der Waals surface area (Å²) in [4.78, 5) is 25.2. The van der Waals surface area contributed by atoms with E-state index in [0.29, 0.717) is 17.8 Å². The van der Waals surface area contributed by atoms with E-state index >= 15 is 0 Å². The molecule has 2 amide bonds. The Bertz CT molecular complexity index is 1240. The maximum Gasteiger partial charge on any atom is 0.253 e. The molecule has 0 aliphatic heterocycles. The number of fused-ring (bicyclic) bond motifs is 1. The van der Waals surface area contributed by atoms with Crippen LogP contribution in [-0.2, 0) is 11.3 Å². The number of hydrogen-bond donors (Lipinski definition) is 2. The first-order valence-corrected chi connectivity index (χ1v) is 10.1. The van der Waals surface area contributed by atoms with E-state index in [9.17, 15) is 9.59 Å². The lowest BCUT2D eigenvalue weighted by Crippen LogP contribution is -2.24. The van der Waals surface area contributed by atoms with Crippen molar-refractivity contribution in [2.75, 3.05) is 5.32 Å². The lowest BCUT2D eigenvalue weighted by atomic mass is 10.0. The number of rotatable bonds is 6. The molecule has 0 aliphatic carbocycles. The average Bonchev–Trinajstić information content (AvgIpc) is 2.82.